The minimum Gasteiger partial charge on any atom is -0.441 e. The fraction of sp³-hybridized carbons (Fsp3) is 0.273. The zero-order chi connectivity index (χ0) is 21.9. The minimum absolute atomic E-state index is 0.0555. The Morgan fingerprint density at radius 1 is 1.20 bits per heavy atom. The Kier molecular flexibility index (Phi) is 6.55. The number of nitrogens with zero attached hydrogens (tertiary/aromatic N) is 1. The lowest BCUT2D eigenvalue weighted by atomic mass is 10.1. The molecule has 0 saturated carbocycles. The van der Waals surface area contributed by atoms with Gasteiger partial charge in [-0.3, -0.25) is 4.79 Å². The number of benzene rings is 2. The maximum atomic E-state index is 13.6. The van der Waals surface area contributed by atoms with Crippen molar-refractivity contribution in [3.05, 3.63) is 65.5 Å². The van der Waals surface area contributed by atoms with Gasteiger partial charge in [0.15, 0.2) is 5.69 Å². The van der Waals surface area contributed by atoms with Crippen LogP contribution in [0, 0.1) is 6.92 Å². The molecule has 0 fully saturated rings. The highest BCUT2D eigenvalue weighted by Crippen LogP contribution is 2.38. The summed E-state index contributed by atoms with van der Waals surface area (Å²) in [5.41, 5.74) is -0.597. The van der Waals surface area contributed by atoms with Gasteiger partial charge in [-0.15, -0.1) is 11.8 Å². The van der Waals surface area contributed by atoms with Crippen LogP contribution in [0.5, 0.6) is 0 Å². The SMILES string of the molecule is CCC(C)Sc1ccc(NC(=O)c2nc(-c3ccccc3)oc2C)c(C(F)(F)F)c1. The quantitative estimate of drug-likeness (QED) is 0.433. The topological polar surface area (TPSA) is 55.1 Å². The molecule has 1 atom stereocenters. The Balaban J connectivity index is 1.88. The number of aryl methyl sites for hydroxylation is 1. The molecule has 0 aliphatic rings. The van der Waals surface area contributed by atoms with Crippen LogP contribution in [0.15, 0.2) is 57.8 Å². The lowest BCUT2D eigenvalue weighted by Crippen LogP contribution is -2.18. The first-order chi connectivity index (χ1) is 14.2. The molecule has 0 radical (unpaired) electrons. The van der Waals surface area contributed by atoms with Gasteiger partial charge in [0.25, 0.3) is 5.91 Å². The van der Waals surface area contributed by atoms with Crippen molar-refractivity contribution in [2.45, 2.75) is 43.5 Å². The summed E-state index contributed by atoms with van der Waals surface area (Å²) in [6.45, 7) is 5.47. The van der Waals surface area contributed by atoms with Gasteiger partial charge in [0.2, 0.25) is 5.89 Å². The van der Waals surface area contributed by atoms with E-state index in [9.17, 15) is 18.0 Å². The van der Waals surface area contributed by atoms with Crippen LogP contribution in [0.4, 0.5) is 18.9 Å². The highest BCUT2D eigenvalue weighted by molar-refractivity contribution is 7.99. The van der Waals surface area contributed by atoms with Crippen molar-refractivity contribution in [1.82, 2.24) is 4.98 Å². The first-order valence-electron chi connectivity index (χ1n) is 9.41. The average molecular weight is 434 g/mol. The van der Waals surface area contributed by atoms with Crippen LogP contribution in [-0.4, -0.2) is 16.1 Å². The molecule has 1 N–H and O–H groups in total. The van der Waals surface area contributed by atoms with Gasteiger partial charge in [-0.25, -0.2) is 4.98 Å². The molecule has 158 valence electrons. The summed E-state index contributed by atoms with van der Waals surface area (Å²) in [5, 5.41) is 2.52. The van der Waals surface area contributed by atoms with Gasteiger partial charge in [-0.1, -0.05) is 32.0 Å². The maximum absolute atomic E-state index is 13.6. The number of aromatic nitrogens is 1. The molecule has 0 aliphatic heterocycles. The molecule has 0 saturated heterocycles. The molecule has 0 aliphatic carbocycles. The highest BCUT2D eigenvalue weighted by atomic mass is 32.2. The van der Waals surface area contributed by atoms with Crippen molar-refractivity contribution in [3.8, 4) is 11.5 Å². The van der Waals surface area contributed by atoms with Crippen LogP contribution in [0.1, 0.15) is 42.1 Å². The van der Waals surface area contributed by atoms with Crippen LogP contribution < -0.4 is 5.32 Å². The summed E-state index contributed by atoms with van der Waals surface area (Å²) in [6, 6.07) is 12.9. The van der Waals surface area contributed by atoms with Crippen molar-refractivity contribution >= 4 is 23.4 Å². The van der Waals surface area contributed by atoms with E-state index in [1.165, 1.54) is 17.8 Å². The molecule has 1 unspecified atom stereocenters. The average Bonchev–Trinajstić information content (AvgIpc) is 3.10. The summed E-state index contributed by atoms with van der Waals surface area (Å²) in [6.07, 6.45) is -3.78. The number of rotatable bonds is 6. The second-order valence-corrected chi connectivity index (χ2v) is 8.30. The molecule has 4 nitrogen and oxygen atoms in total. The standard InChI is InChI=1S/C22H21F3N2O2S/c1-4-13(2)30-16-10-11-18(17(12-16)22(23,24)25)26-20(28)19-14(3)29-21(27-19)15-8-6-5-7-9-15/h5-13H,4H2,1-3H3,(H,26,28). The lowest BCUT2D eigenvalue weighted by Gasteiger charge is -2.16. The van der Waals surface area contributed by atoms with E-state index in [2.05, 4.69) is 10.3 Å². The third kappa shape index (κ3) is 5.05. The van der Waals surface area contributed by atoms with Crippen molar-refractivity contribution in [2.24, 2.45) is 0 Å². The molecule has 30 heavy (non-hydrogen) atoms. The number of halogens is 3. The second kappa shape index (κ2) is 8.95. The summed E-state index contributed by atoms with van der Waals surface area (Å²) in [7, 11) is 0. The molecule has 1 aromatic heterocycles. The maximum Gasteiger partial charge on any atom is 0.418 e. The fourth-order valence-corrected chi connectivity index (χ4v) is 3.71. The Bertz CT molecular complexity index is 1030. The van der Waals surface area contributed by atoms with Crippen LogP contribution in [0.3, 0.4) is 0 Å². The van der Waals surface area contributed by atoms with Crippen molar-refractivity contribution < 1.29 is 22.4 Å². The summed E-state index contributed by atoms with van der Waals surface area (Å²) >= 11 is 1.36. The number of thioether (sulfide) groups is 1. The number of alkyl halides is 3. The number of nitrogens with one attached hydrogen (secondary N) is 1. The number of hydrogen-bond donors (Lipinski definition) is 1. The summed E-state index contributed by atoms with van der Waals surface area (Å²) < 4.78 is 46.4. The number of hydrogen-bond acceptors (Lipinski definition) is 4. The van der Waals surface area contributed by atoms with Crippen molar-refractivity contribution in [1.29, 1.82) is 0 Å². The van der Waals surface area contributed by atoms with Gasteiger partial charge < -0.3 is 9.73 Å². The number of carbonyl (C=O) groups excluding carboxylic acids is 1. The molecule has 8 heteroatoms. The van der Waals surface area contributed by atoms with Crippen molar-refractivity contribution in [3.63, 3.8) is 0 Å². The fourth-order valence-electron chi connectivity index (χ4n) is 2.75. The molecule has 0 bridgehead atoms. The normalized spacial score (nSPS) is 12.6. The predicted molar refractivity (Wildman–Crippen MR) is 112 cm³/mol. The molecule has 0 spiro atoms. The number of amides is 1. The molecular weight excluding hydrogens is 413 g/mol. The Labute approximate surface area is 176 Å². The number of anilines is 1. The zero-order valence-electron chi connectivity index (χ0n) is 16.7. The highest BCUT2D eigenvalue weighted by Gasteiger charge is 2.35. The van der Waals surface area contributed by atoms with Gasteiger partial charge in [0, 0.05) is 15.7 Å². The van der Waals surface area contributed by atoms with Crippen LogP contribution in [0.25, 0.3) is 11.5 Å². The molecule has 1 amide bonds. The predicted octanol–water partition coefficient (Wildman–Crippen LogP) is 6.81. The second-order valence-electron chi connectivity index (χ2n) is 6.79. The molecular formula is C22H21F3N2O2S. The van der Waals surface area contributed by atoms with E-state index in [4.69, 9.17) is 4.42 Å². The van der Waals surface area contributed by atoms with E-state index >= 15 is 0 Å². The van der Waals surface area contributed by atoms with E-state index in [0.29, 0.717) is 10.5 Å². The first-order valence-corrected chi connectivity index (χ1v) is 10.3. The van der Waals surface area contributed by atoms with Gasteiger partial charge in [-0.05, 0) is 43.7 Å². The minimum atomic E-state index is -4.61. The van der Waals surface area contributed by atoms with E-state index in [-0.39, 0.29) is 28.3 Å². The number of carbonyl (C=O) groups is 1. The van der Waals surface area contributed by atoms with E-state index in [1.54, 1.807) is 37.3 Å². The molecule has 1 heterocycles. The molecule has 3 rings (SSSR count). The Morgan fingerprint density at radius 2 is 1.90 bits per heavy atom. The van der Waals surface area contributed by atoms with Crippen LogP contribution in [-0.2, 0) is 6.18 Å². The summed E-state index contributed by atoms with van der Waals surface area (Å²) in [4.78, 5) is 17.3. The largest absolute Gasteiger partial charge is 0.441 e. The van der Waals surface area contributed by atoms with Gasteiger partial charge in [0.05, 0.1) is 11.3 Å². The smallest absolute Gasteiger partial charge is 0.418 e. The molecule has 3 aromatic rings. The van der Waals surface area contributed by atoms with Gasteiger partial charge >= 0.3 is 6.18 Å². The Morgan fingerprint density at radius 3 is 2.53 bits per heavy atom. The first kappa shape index (κ1) is 22.0. The van der Waals surface area contributed by atoms with Gasteiger partial charge in [0.1, 0.15) is 5.76 Å². The van der Waals surface area contributed by atoms with E-state index in [1.807, 2.05) is 19.9 Å². The third-order valence-electron chi connectivity index (χ3n) is 4.49. The van der Waals surface area contributed by atoms with Crippen LogP contribution in [0.2, 0.25) is 0 Å². The monoisotopic (exact) mass is 434 g/mol. The summed E-state index contributed by atoms with van der Waals surface area (Å²) in [5.74, 6) is -0.301. The van der Waals surface area contributed by atoms with Crippen molar-refractivity contribution in [2.75, 3.05) is 5.32 Å². The Hall–Kier alpha value is -2.74. The molecule has 2 aromatic carbocycles. The van der Waals surface area contributed by atoms with E-state index < -0.39 is 17.6 Å². The lowest BCUT2D eigenvalue weighted by molar-refractivity contribution is -0.137. The third-order valence-corrected chi connectivity index (χ3v) is 5.75. The number of oxazole rings is 1. The van der Waals surface area contributed by atoms with Crippen LogP contribution >= 0.6 is 11.8 Å². The van der Waals surface area contributed by atoms with Gasteiger partial charge in [-0.2, -0.15) is 13.2 Å². The van der Waals surface area contributed by atoms with E-state index in [0.717, 1.165) is 12.5 Å². The zero-order valence-corrected chi connectivity index (χ0v) is 17.5.